The highest BCUT2D eigenvalue weighted by Gasteiger charge is 2.24. The summed E-state index contributed by atoms with van der Waals surface area (Å²) in [4.78, 5) is 10.7. The zero-order valence-electron chi connectivity index (χ0n) is 28.8. The van der Waals surface area contributed by atoms with Gasteiger partial charge >= 0.3 is 0 Å². The van der Waals surface area contributed by atoms with Crippen LogP contribution in [0.5, 0.6) is 0 Å². The van der Waals surface area contributed by atoms with Crippen LogP contribution in [0, 0.1) is 0 Å². The molecule has 4 heteroatoms. The fraction of sp³-hybridized carbons (Fsp3) is 0.0204. The smallest absolute Gasteiger partial charge is 0.160 e. The van der Waals surface area contributed by atoms with E-state index in [2.05, 4.69) is 193 Å². The van der Waals surface area contributed by atoms with Crippen LogP contribution in [0.4, 0.5) is 0 Å². The molecule has 9 aromatic rings. The SMILES string of the molecule is c1ccc(-c2ccc(C3N=C(c4cccc5sc6ccc(-c7ccc8ccccc8c7)cc6c45)N=C(c4cccc(-c5ccccc5)c4)N3)cc2)cc1. The lowest BCUT2D eigenvalue weighted by Crippen LogP contribution is -2.33. The predicted molar refractivity (Wildman–Crippen MR) is 225 cm³/mol. The molecule has 0 bridgehead atoms. The van der Waals surface area contributed by atoms with Gasteiger partial charge in [-0.05, 0) is 80.0 Å². The summed E-state index contributed by atoms with van der Waals surface area (Å²) in [5.74, 6) is 1.53. The number of benzene rings is 8. The Bertz CT molecular complexity index is 2850. The molecule has 0 amide bonds. The monoisotopic (exact) mass is 695 g/mol. The molecule has 1 atom stereocenters. The van der Waals surface area contributed by atoms with Crippen molar-refractivity contribution in [3.05, 3.63) is 205 Å². The summed E-state index contributed by atoms with van der Waals surface area (Å²) in [7, 11) is 0. The number of rotatable bonds is 6. The van der Waals surface area contributed by atoms with Crippen molar-refractivity contribution in [2.45, 2.75) is 6.17 Å². The number of hydrogen-bond acceptors (Lipinski definition) is 4. The maximum absolute atomic E-state index is 5.35. The minimum absolute atomic E-state index is 0.323. The first-order valence-electron chi connectivity index (χ1n) is 17.9. The fourth-order valence-corrected chi connectivity index (χ4v) is 8.53. The van der Waals surface area contributed by atoms with Crippen molar-refractivity contribution >= 4 is 54.0 Å². The van der Waals surface area contributed by atoms with Gasteiger partial charge in [-0.15, -0.1) is 11.3 Å². The standard InChI is InChI=1S/C49H33N3S/c1-3-11-32(12-4-1)35-21-24-36(25-22-35)47-50-48(41-18-9-17-38(30-41)33-13-5-2-6-14-33)52-49(51-47)42-19-10-20-45-46(42)43-31-40(27-28-44(43)53-45)39-26-23-34-15-7-8-16-37(34)29-39/h1-31,47H,(H,50,51,52). The van der Waals surface area contributed by atoms with Crippen molar-refractivity contribution in [3.63, 3.8) is 0 Å². The van der Waals surface area contributed by atoms with Crippen LogP contribution < -0.4 is 5.32 Å². The van der Waals surface area contributed by atoms with Gasteiger partial charge in [0.2, 0.25) is 0 Å². The molecule has 2 heterocycles. The molecule has 1 aliphatic rings. The van der Waals surface area contributed by atoms with Gasteiger partial charge in [0.05, 0.1) is 0 Å². The van der Waals surface area contributed by atoms with Crippen LogP contribution in [-0.4, -0.2) is 11.7 Å². The first-order valence-corrected chi connectivity index (χ1v) is 18.7. The van der Waals surface area contributed by atoms with Crippen molar-refractivity contribution in [1.82, 2.24) is 5.32 Å². The largest absolute Gasteiger partial charge is 0.344 e. The highest BCUT2D eigenvalue weighted by atomic mass is 32.1. The van der Waals surface area contributed by atoms with Crippen LogP contribution >= 0.6 is 11.3 Å². The van der Waals surface area contributed by atoms with Crippen LogP contribution in [0.25, 0.3) is 64.3 Å². The van der Waals surface area contributed by atoms with Crippen LogP contribution in [0.15, 0.2) is 198 Å². The summed E-state index contributed by atoms with van der Waals surface area (Å²) in [6.45, 7) is 0. The van der Waals surface area contributed by atoms with Gasteiger partial charge in [-0.1, -0.05) is 158 Å². The number of aliphatic imine (C=N–C) groups is 2. The molecule has 3 nitrogen and oxygen atoms in total. The molecule has 1 aromatic heterocycles. The summed E-state index contributed by atoms with van der Waals surface area (Å²) < 4.78 is 2.47. The van der Waals surface area contributed by atoms with Gasteiger partial charge in [0.25, 0.3) is 0 Å². The Hall–Kier alpha value is -6.62. The lowest BCUT2D eigenvalue weighted by atomic mass is 9.98. The molecule has 250 valence electrons. The summed E-state index contributed by atoms with van der Waals surface area (Å²) >= 11 is 1.82. The van der Waals surface area contributed by atoms with E-state index in [0.717, 1.165) is 33.9 Å². The van der Waals surface area contributed by atoms with Gasteiger partial charge in [-0.25, -0.2) is 9.98 Å². The lowest BCUT2D eigenvalue weighted by Gasteiger charge is -2.24. The van der Waals surface area contributed by atoms with Gasteiger partial charge < -0.3 is 5.32 Å². The van der Waals surface area contributed by atoms with E-state index in [1.165, 1.54) is 58.8 Å². The highest BCUT2D eigenvalue weighted by Crippen LogP contribution is 2.40. The molecule has 0 fully saturated rings. The van der Waals surface area contributed by atoms with Crippen molar-refractivity contribution < 1.29 is 0 Å². The van der Waals surface area contributed by atoms with Crippen molar-refractivity contribution in [3.8, 4) is 33.4 Å². The summed E-state index contributed by atoms with van der Waals surface area (Å²) in [5.41, 5.74) is 10.2. The Morgan fingerprint density at radius 1 is 0.434 bits per heavy atom. The first kappa shape index (κ1) is 31.1. The molecular weight excluding hydrogens is 663 g/mol. The Morgan fingerprint density at radius 2 is 1.04 bits per heavy atom. The van der Waals surface area contributed by atoms with E-state index in [1.807, 2.05) is 11.3 Å². The molecule has 1 N–H and O–H groups in total. The number of fused-ring (bicyclic) bond motifs is 4. The maximum Gasteiger partial charge on any atom is 0.160 e. The number of hydrogen-bond donors (Lipinski definition) is 1. The number of nitrogens with one attached hydrogen (secondary N) is 1. The van der Waals surface area contributed by atoms with Crippen LogP contribution in [0.2, 0.25) is 0 Å². The Balaban J connectivity index is 1.12. The predicted octanol–water partition coefficient (Wildman–Crippen LogP) is 12.7. The Kier molecular flexibility index (Phi) is 7.74. The van der Waals surface area contributed by atoms with Crippen LogP contribution in [0.3, 0.4) is 0 Å². The van der Waals surface area contributed by atoms with Crippen LogP contribution in [-0.2, 0) is 0 Å². The zero-order chi connectivity index (χ0) is 35.1. The Morgan fingerprint density at radius 3 is 1.85 bits per heavy atom. The van der Waals surface area contributed by atoms with E-state index in [9.17, 15) is 0 Å². The third kappa shape index (κ3) is 5.89. The molecule has 1 unspecified atom stereocenters. The molecule has 53 heavy (non-hydrogen) atoms. The van der Waals surface area contributed by atoms with E-state index in [0.29, 0.717) is 0 Å². The zero-order valence-corrected chi connectivity index (χ0v) is 29.6. The first-order chi connectivity index (χ1) is 26.2. The number of nitrogens with zero attached hydrogens (tertiary/aromatic N) is 2. The number of thiophene rings is 1. The summed E-state index contributed by atoms with van der Waals surface area (Å²) in [6.07, 6.45) is -0.323. The van der Waals surface area contributed by atoms with Gasteiger partial charge in [-0.3, -0.25) is 0 Å². The molecule has 0 spiro atoms. The Labute approximate surface area is 312 Å². The van der Waals surface area contributed by atoms with Gasteiger partial charge in [0.1, 0.15) is 12.0 Å². The van der Waals surface area contributed by atoms with Gasteiger partial charge in [0.15, 0.2) is 5.84 Å². The summed E-state index contributed by atoms with van der Waals surface area (Å²) in [6, 6.07) is 67.0. The molecule has 10 rings (SSSR count). The second-order valence-corrected chi connectivity index (χ2v) is 14.5. The molecule has 8 aromatic carbocycles. The topological polar surface area (TPSA) is 36.8 Å². The quantitative estimate of drug-likeness (QED) is 0.185. The number of amidine groups is 2. The van der Waals surface area contributed by atoms with Crippen LogP contribution in [0.1, 0.15) is 22.9 Å². The van der Waals surface area contributed by atoms with Gasteiger partial charge in [-0.2, -0.15) is 0 Å². The second-order valence-electron chi connectivity index (χ2n) is 13.4. The van der Waals surface area contributed by atoms with E-state index >= 15 is 0 Å². The van der Waals surface area contributed by atoms with E-state index in [1.54, 1.807) is 0 Å². The minimum Gasteiger partial charge on any atom is -0.344 e. The van der Waals surface area contributed by atoms with E-state index < -0.39 is 0 Å². The van der Waals surface area contributed by atoms with Crippen molar-refractivity contribution in [2.75, 3.05) is 0 Å². The lowest BCUT2D eigenvalue weighted by molar-refractivity contribution is 0.674. The third-order valence-electron chi connectivity index (χ3n) is 10.1. The summed E-state index contributed by atoms with van der Waals surface area (Å²) in [5, 5.41) is 8.61. The normalized spacial score (nSPS) is 14.2. The fourth-order valence-electron chi connectivity index (χ4n) is 7.41. The van der Waals surface area contributed by atoms with E-state index in [-0.39, 0.29) is 6.17 Å². The molecule has 1 aliphatic heterocycles. The molecule has 0 saturated carbocycles. The molecule has 0 radical (unpaired) electrons. The van der Waals surface area contributed by atoms with Crippen molar-refractivity contribution in [1.29, 1.82) is 0 Å². The van der Waals surface area contributed by atoms with Crippen molar-refractivity contribution in [2.24, 2.45) is 9.98 Å². The molecule has 0 aliphatic carbocycles. The molecular formula is C49H33N3S. The molecule has 0 saturated heterocycles. The average Bonchev–Trinajstić information content (AvgIpc) is 3.62. The highest BCUT2D eigenvalue weighted by molar-refractivity contribution is 7.25. The third-order valence-corrected chi connectivity index (χ3v) is 11.3. The second kappa shape index (κ2) is 13.2. The van der Waals surface area contributed by atoms with Gasteiger partial charge in [0, 0.05) is 31.3 Å². The minimum atomic E-state index is -0.323. The maximum atomic E-state index is 5.35. The average molecular weight is 696 g/mol. The van der Waals surface area contributed by atoms with E-state index in [4.69, 9.17) is 9.98 Å².